The van der Waals surface area contributed by atoms with Crippen molar-refractivity contribution in [3.05, 3.63) is 88.7 Å². The molecule has 0 saturated heterocycles. The quantitative estimate of drug-likeness (QED) is 0.529. The van der Waals surface area contributed by atoms with E-state index in [2.05, 4.69) is 31.1 Å². The average Bonchev–Trinajstić information content (AvgIpc) is 2.69. The van der Waals surface area contributed by atoms with E-state index in [0.717, 1.165) is 11.1 Å². The molecule has 150 valence electrons. The standard InChI is InChI=1S/C24H25ClN2O2/c1-16(29-20-9-6-12-26-15-20)21-14-19(10-11-22(21)25)27-23(28)17-7-5-8-18(13-17)24(2,3)4/h5-16H,1-4H3,(H,27,28). The van der Waals surface area contributed by atoms with Crippen LogP contribution in [0, 0.1) is 0 Å². The summed E-state index contributed by atoms with van der Waals surface area (Å²) in [5.74, 6) is 0.495. The molecule has 0 aliphatic rings. The highest BCUT2D eigenvalue weighted by Gasteiger charge is 2.17. The van der Waals surface area contributed by atoms with Crippen molar-refractivity contribution < 1.29 is 9.53 Å². The molecule has 0 bridgehead atoms. The molecular formula is C24H25ClN2O2. The van der Waals surface area contributed by atoms with Crippen molar-refractivity contribution in [2.45, 2.75) is 39.2 Å². The van der Waals surface area contributed by atoms with Gasteiger partial charge in [-0.15, -0.1) is 0 Å². The summed E-state index contributed by atoms with van der Waals surface area (Å²) in [7, 11) is 0. The minimum absolute atomic E-state index is 0.0250. The van der Waals surface area contributed by atoms with Crippen molar-refractivity contribution in [3.63, 3.8) is 0 Å². The second-order valence-corrected chi connectivity index (χ2v) is 8.38. The fraction of sp³-hybridized carbons (Fsp3) is 0.250. The summed E-state index contributed by atoms with van der Waals surface area (Å²) in [5, 5.41) is 3.54. The number of amides is 1. The Balaban J connectivity index is 1.78. The molecule has 1 N–H and O–H groups in total. The number of benzene rings is 2. The van der Waals surface area contributed by atoms with E-state index in [4.69, 9.17) is 16.3 Å². The van der Waals surface area contributed by atoms with Gasteiger partial charge in [-0.2, -0.15) is 0 Å². The first-order valence-corrected chi connectivity index (χ1v) is 9.90. The number of rotatable bonds is 5. The number of aromatic nitrogens is 1. The average molecular weight is 409 g/mol. The van der Waals surface area contributed by atoms with E-state index in [1.165, 1.54) is 0 Å². The van der Waals surface area contributed by atoms with Gasteiger partial charge in [0.15, 0.2) is 0 Å². The Kier molecular flexibility index (Phi) is 6.23. The molecule has 0 fully saturated rings. The van der Waals surface area contributed by atoms with Crippen LogP contribution in [0.1, 0.15) is 55.3 Å². The molecule has 1 atom stereocenters. The highest BCUT2D eigenvalue weighted by molar-refractivity contribution is 6.31. The number of hydrogen-bond donors (Lipinski definition) is 1. The molecule has 5 heteroatoms. The largest absolute Gasteiger partial charge is 0.484 e. The first-order valence-electron chi connectivity index (χ1n) is 9.52. The number of hydrogen-bond acceptors (Lipinski definition) is 3. The summed E-state index contributed by atoms with van der Waals surface area (Å²) in [6.45, 7) is 8.28. The molecule has 2 aromatic carbocycles. The Hall–Kier alpha value is -2.85. The van der Waals surface area contributed by atoms with Crippen LogP contribution in [0.2, 0.25) is 5.02 Å². The minimum atomic E-state index is -0.298. The molecule has 1 amide bonds. The Morgan fingerprint density at radius 2 is 1.90 bits per heavy atom. The van der Waals surface area contributed by atoms with Gasteiger partial charge in [-0.25, -0.2) is 0 Å². The minimum Gasteiger partial charge on any atom is -0.484 e. The predicted molar refractivity (Wildman–Crippen MR) is 118 cm³/mol. The molecular weight excluding hydrogens is 384 g/mol. The number of carbonyl (C=O) groups is 1. The lowest BCUT2D eigenvalue weighted by Gasteiger charge is -2.20. The van der Waals surface area contributed by atoms with Crippen LogP contribution in [0.15, 0.2) is 67.0 Å². The van der Waals surface area contributed by atoms with Gasteiger partial charge in [0.2, 0.25) is 0 Å². The lowest BCUT2D eigenvalue weighted by Crippen LogP contribution is -2.16. The molecule has 0 saturated carbocycles. The number of anilines is 1. The summed E-state index contributed by atoms with van der Waals surface area (Å²) in [6.07, 6.45) is 3.04. The van der Waals surface area contributed by atoms with E-state index in [1.807, 2.05) is 49.4 Å². The van der Waals surface area contributed by atoms with Crippen LogP contribution in [-0.2, 0) is 5.41 Å². The Labute approximate surface area is 176 Å². The Morgan fingerprint density at radius 1 is 1.10 bits per heavy atom. The molecule has 1 unspecified atom stereocenters. The van der Waals surface area contributed by atoms with Crippen LogP contribution in [-0.4, -0.2) is 10.9 Å². The second kappa shape index (κ2) is 8.66. The van der Waals surface area contributed by atoms with E-state index in [9.17, 15) is 4.79 Å². The van der Waals surface area contributed by atoms with Gasteiger partial charge in [0.05, 0.1) is 6.20 Å². The highest BCUT2D eigenvalue weighted by Crippen LogP contribution is 2.30. The van der Waals surface area contributed by atoms with Crippen LogP contribution >= 0.6 is 11.6 Å². The van der Waals surface area contributed by atoms with E-state index in [0.29, 0.717) is 22.0 Å². The molecule has 0 spiro atoms. The SMILES string of the molecule is CC(Oc1cccnc1)c1cc(NC(=O)c2cccc(C(C)(C)C)c2)ccc1Cl. The maximum atomic E-state index is 12.8. The number of nitrogens with zero attached hydrogens (tertiary/aromatic N) is 1. The fourth-order valence-corrected chi connectivity index (χ4v) is 3.22. The maximum Gasteiger partial charge on any atom is 0.255 e. The van der Waals surface area contributed by atoms with E-state index < -0.39 is 0 Å². The van der Waals surface area contributed by atoms with Crippen LogP contribution in [0.25, 0.3) is 0 Å². The molecule has 1 aromatic heterocycles. The third kappa shape index (κ3) is 5.36. The lowest BCUT2D eigenvalue weighted by atomic mass is 9.86. The van der Waals surface area contributed by atoms with E-state index in [-0.39, 0.29) is 17.4 Å². The van der Waals surface area contributed by atoms with Gasteiger partial charge in [-0.3, -0.25) is 9.78 Å². The van der Waals surface area contributed by atoms with Gasteiger partial charge in [-0.1, -0.05) is 44.5 Å². The molecule has 4 nitrogen and oxygen atoms in total. The molecule has 1 heterocycles. The zero-order valence-corrected chi connectivity index (χ0v) is 17.8. The molecule has 3 aromatic rings. The smallest absolute Gasteiger partial charge is 0.255 e. The monoisotopic (exact) mass is 408 g/mol. The van der Waals surface area contributed by atoms with Crippen molar-refractivity contribution in [2.24, 2.45) is 0 Å². The Bertz CT molecular complexity index is 997. The third-order valence-corrected chi connectivity index (χ3v) is 4.97. The lowest BCUT2D eigenvalue weighted by molar-refractivity contribution is 0.102. The molecule has 0 radical (unpaired) electrons. The van der Waals surface area contributed by atoms with Gasteiger partial charge < -0.3 is 10.1 Å². The number of carbonyl (C=O) groups excluding carboxylic acids is 1. The zero-order chi connectivity index (χ0) is 21.0. The summed E-state index contributed by atoms with van der Waals surface area (Å²) < 4.78 is 5.92. The summed E-state index contributed by atoms with van der Waals surface area (Å²) in [6, 6.07) is 16.7. The van der Waals surface area contributed by atoms with Crippen molar-refractivity contribution in [2.75, 3.05) is 5.32 Å². The first kappa shape index (κ1) is 20.9. The topological polar surface area (TPSA) is 51.2 Å². The van der Waals surface area contributed by atoms with Gasteiger partial charge in [0.1, 0.15) is 11.9 Å². The van der Waals surface area contributed by atoms with Gasteiger partial charge >= 0.3 is 0 Å². The molecule has 3 rings (SSSR count). The van der Waals surface area contributed by atoms with Crippen molar-refractivity contribution in [1.82, 2.24) is 4.98 Å². The van der Waals surface area contributed by atoms with Crippen LogP contribution < -0.4 is 10.1 Å². The van der Waals surface area contributed by atoms with Gasteiger partial charge in [-0.05, 0) is 60.4 Å². The number of halogens is 1. The van der Waals surface area contributed by atoms with E-state index >= 15 is 0 Å². The van der Waals surface area contributed by atoms with Gasteiger partial charge in [0, 0.05) is 28.0 Å². The van der Waals surface area contributed by atoms with Crippen LogP contribution in [0.3, 0.4) is 0 Å². The summed E-state index contributed by atoms with van der Waals surface area (Å²) in [5.41, 5.74) is 3.16. The number of ether oxygens (including phenoxy) is 1. The van der Waals surface area contributed by atoms with E-state index in [1.54, 1.807) is 24.5 Å². The first-order chi connectivity index (χ1) is 13.7. The highest BCUT2D eigenvalue weighted by atomic mass is 35.5. The zero-order valence-electron chi connectivity index (χ0n) is 17.1. The molecule has 0 aliphatic carbocycles. The number of pyridine rings is 1. The summed E-state index contributed by atoms with van der Waals surface area (Å²) >= 11 is 6.37. The summed E-state index contributed by atoms with van der Waals surface area (Å²) in [4.78, 5) is 16.8. The number of nitrogens with one attached hydrogen (secondary N) is 1. The van der Waals surface area contributed by atoms with Crippen molar-refractivity contribution in [1.29, 1.82) is 0 Å². The predicted octanol–water partition coefficient (Wildman–Crippen LogP) is 6.42. The van der Waals surface area contributed by atoms with Gasteiger partial charge in [0.25, 0.3) is 5.91 Å². The van der Waals surface area contributed by atoms with Crippen molar-refractivity contribution in [3.8, 4) is 5.75 Å². The van der Waals surface area contributed by atoms with Crippen LogP contribution in [0.4, 0.5) is 5.69 Å². The second-order valence-electron chi connectivity index (χ2n) is 7.97. The molecule has 0 aliphatic heterocycles. The Morgan fingerprint density at radius 3 is 2.59 bits per heavy atom. The third-order valence-electron chi connectivity index (χ3n) is 4.63. The fourth-order valence-electron chi connectivity index (χ4n) is 2.95. The van der Waals surface area contributed by atoms with Crippen LogP contribution in [0.5, 0.6) is 5.75 Å². The normalized spacial score (nSPS) is 12.3. The molecule has 29 heavy (non-hydrogen) atoms. The van der Waals surface area contributed by atoms with Crippen molar-refractivity contribution >= 4 is 23.2 Å². The maximum absolute atomic E-state index is 12.8.